The number of imidazole rings is 1. The first-order valence-corrected chi connectivity index (χ1v) is 14.0. The van der Waals surface area contributed by atoms with Gasteiger partial charge in [-0.05, 0) is 75.5 Å². The van der Waals surface area contributed by atoms with Gasteiger partial charge in [-0.2, -0.15) is 0 Å². The fourth-order valence-corrected chi connectivity index (χ4v) is 7.01. The summed E-state index contributed by atoms with van der Waals surface area (Å²) >= 11 is 12.8. The first-order chi connectivity index (χ1) is 16.2. The van der Waals surface area contributed by atoms with Crippen LogP contribution in [0, 0.1) is 11.3 Å². The second-order valence-electron chi connectivity index (χ2n) is 10.6. The molecule has 0 radical (unpaired) electrons. The van der Waals surface area contributed by atoms with Crippen LogP contribution in [0.15, 0.2) is 42.9 Å². The number of hydrogen-bond acceptors (Lipinski definition) is 3. The van der Waals surface area contributed by atoms with Gasteiger partial charge in [-0.1, -0.05) is 41.8 Å². The fraction of sp³-hybridized carbons (Fsp3) is 0.500. The van der Waals surface area contributed by atoms with E-state index in [-0.39, 0.29) is 4.75 Å². The lowest BCUT2D eigenvalue weighted by Gasteiger charge is -2.45. The molecule has 182 valence electrons. The SMILES string of the molecule is CC(C)(C[C@H]1CCCC12CCN(c1ccc(-c3cccc(Cl)c3Cl)c3cncn13)CC2)S(N)=O. The van der Waals surface area contributed by atoms with E-state index in [0.29, 0.717) is 21.4 Å². The maximum atomic E-state index is 12.1. The summed E-state index contributed by atoms with van der Waals surface area (Å²) in [5.74, 6) is 1.75. The molecule has 5 rings (SSSR count). The van der Waals surface area contributed by atoms with E-state index >= 15 is 0 Å². The number of halogens is 2. The number of anilines is 1. The van der Waals surface area contributed by atoms with Crippen LogP contribution in [0.5, 0.6) is 0 Å². The van der Waals surface area contributed by atoms with E-state index in [1.54, 1.807) is 0 Å². The monoisotopic (exact) mass is 518 g/mol. The van der Waals surface area contributed by atoms with Crippen molar-refractivity contribution < 1.29 is 4.21 Å². The number of piperidine rings is 1. The second kappa shape index (κ2) is 9.12. The maximum Gasteiger partial charge on any atom is 0.114 e. The Hall–Kier alpha value is -1.60. The topological polar surface area (TPSA) is 63.6 Å². The second-order valence-corrected chi connectivity index (χ2v) is 13.0. The summed E-state index contributed by atoms with van der Waals surface area (Å²) in [6.45, 7) is 6.11. The Bertz CT molecular complexity index is 1230. The normalized spacial score (nSPS) is 21.4. The van der Waals surface area contributed by atoms with Crippen LogP contribution >= 0.6 is 23.2 Å². The number of pyridine rings is 1. The molecule has 2 fully saturated rings. The largest absolute Gasteiger partial charge is 0.358 e. The predicted octanol–water partition coefficient (Wildman–Crippen LogP) is 6.49. The number of nitrogens with zero attached hydrogens (tertiary/aromatic N) is 3. The number of benzene rings is 1. The minimum atomic E-state index is -1.30. The average molecular weight is 520 g/mol. The molecule has 1 aliphatic heterocycles. The maximum absolute atomic E-state index is 12.1. The van der Waals surface area contributed by atoms with E-state index in [0.717, 1.165) is 54.8 Å². The Morgan fingerprint density at radius 3 is 2.65 bits per heavy atom. The van der Waals surface area contributed by atoms with Gasteiger partial charge in [-0.3, -0.25) is 9.54 Å². The third kappa shape index (κ3) is 4.17. The van der Waals surface area contributed by atoms with Crippen LogP contribution in [0.4, 0.5) is 5.82 Å². The van der Waals surface area contributed by atoms with Crippen LogP contribution in [0.3, 0.4) is 0 Å². The molecule has 1 aliphatic carbocycles. The van der Waals surface area contributed by atoms with Crippen molar-refractivity contribution in [1.82, 2.24) is 9.38 Å². The van der Waals surface area contributed by atoms with Crippen molar-refractivity contribution in [3.63, 3.8) is 0 Å². The van der Waals surface area contributed by atoms with Gasteiger partial charge in [0.15, 0.2) is 0 Å². The van der Waals surface area contributed by atoms with Crippen molar-refractivity contribution in [3.8, 4) is 11.1 Å². The highest BCUT2D eigenvalue weighted by Crippen LogP contribution is 2.54. The van der Waals surface area contributed by atoms with Crippen molar-refractivity contribution in [2.75, 3.05) is 18.0 Å². The summed E-state index contributed by atoms with van der Waals surface area (Å²) < 4.78 is 13.9. The van der Waals surface area contributed by atoms with Gasteiger partial charge in [-0.25, -0.2) is 9.19 Å². The van der Waals surface area contributed by atoms with Crippen molar-refractivity contribution in [2.24, 2.45) is 16.5 Å². The highest BCUT2D eigenvalue weighted by molar-refractivity contribution is 7.84. The van der Waals surface area contributed by atoms with E-state index in [9.17, 15) is 4.21 Å². The minimum absolute atomic E-state index is 0.334. The molecule has 1 saturated heterocycles. The van der Waals surface area contributed by atoms with Gasteiger partial charge in [0, 0.05) is 24.2 Å². The van der Waals surface area contributed by atoms with E-state index < -0.39 is 11.0 Å². The highest BCUT2D eigenvalue weighted by Gasteiger charge is 2.47. The quantitative estimate of drug-likeness (QED) is 0.419. The van der Waals surface area contributed by atoms with Crippen LogP contribution in [0.2, 0.25) is 10.0 Å². The van der Waals surface area contributed by atoms with Gasteiger partial charge in [0.25, 0.3) is 0 Å². The van der Waals surface area contributed by atoms with E-state index in [1.807, 2.05) is 44.6 Å². The number of rotatable bonds is 5. The molecule has 2 aliphatic rings. The van der Waals surface area contributed by atoms with Gasteiger partial charge >= 0.3 is 0 Å². The summed E-state index contributed by atoms with van der Waals surface area (Å²) in [4.78, 5) is 6.93. The molecular weight excluding hydrogens is 487 g/mol. The zero-order valence-corrected chi connectivity index (χ0v) is 22.1. The summed E-state index contributed by atoms with van der Waals surface area (Å²) in [6, 6.07) is 10.0. The summed E-state index contributed by atoms with van der Waals surface area (Å²) in [6.07, 6.45) is 10.8. The average Bonchev–Trinajstić information content (AvgIpc) is 3.44. The molecule has 34 heavy (non-hydrogen) atoms. The zero-order valence-electron chi connectivity index (χ0n) is 19.8. The van der Waals surface area contributed by atoms with E-state index in [2.05, 4.69) is 26.4 Å². The number of aromatic nitrogens is 2. The van der Waals surface area contributed by atoms with Crippen LogP contribution in [0.1, 0.15) is 52.4 Å². The predicted molar refractivity (Wildman–Crippen MR) is 143 cm³/mol. The molecular formula is C26H32Cl2N4OS. The molecule has 2 aromatic heterocycles. The Morgan fingerprint density at radius 2 is 1.91 bits per heavy atom. The molecule has 3 aromatic rings. The molecule has 1 unspecified atom stereocenters. The first-order valence-electron chi connectivity index (χ1n) is 12.0. The molecule has 2 atom stereocenters. The van der Waals surface area contributed by atoms with Crippen LogP contribution in [0.25, 0.3) is 16.6 Å². The van der Waals surface area contributed by atoms with Gasteiger partial charge in [0.2, 0.25) is 0 Å². The van der Waals surface area contributed by atoms with Gasteiger partial charge in [-0.15, -0.1) is 0 Å². The molecule has 1 saturated carbocycles. The molecule has 8 heteroatoms. The Labute approximate surface area is 214 Å². The first kappa shape index (κ1) is 24.1. The van der Waals surface area contributed by atoms with Gasteiger partial charge in [0.05, 0.1) is 37.5 Å². The van der Waals surface area contributed by atoms with Crippen molar-refractivity contribution in [2.45, 2.75) is 57.1 Å². The minimum Gasteiger partial charge on any atom is -0.358 e. The van der Waals surface area contributed by atoms with E-state index in [4.69, 9.17) is 28.3 Å². The smallest absolute Gasteiger partial charge is 0.114 e. The Morgan fingerprint density at radius 1 is 1.15 bits per heavy atom. The number of hydrogen-bond donors (Lipinski definition) is 1. The highest BCUT2D eigenvalue weighted by atomic mass is 35.5. The number of fused-ring (bicyclic) bond motifs is 1. The fourth-order valence-electron chi connectivity index (χ4n) is 6.24. The molecule has 0 amide bonds. The molecule has 2 N–H and O–H groups in total. The third-order valence-corrected chi connectivity index (χ3v) is 10.3. The lowest BCUT2D eigenvalue weighted by molar-refractivity contribution is 0.134. The molecule has 5 nitrogen and oxygen atoms in total. The Kier molecular flexibility index (Phi) is 6.47. The van der Waals surface area contributed by atoms with Crippen LogP contribution in [-0.2, 0) is 11.0 Å². The van der Waals surface area contributed by atoms with Gasteiger partial charge in [0.1, 0.15) is 12.1 Å². The lowest BCUT2D eigenvalue weighted by Crippen LogP contribution is -2.45. The van der Waals surface area contributed by atoms with Crippen LogP contribution in [-0.4, -0.2) is 31.4 Å². The standard InChI is InChI=1S/C26H32Cl2N4OS/c1-25(2,34(29)33)15-18-5-4-10-26(18)11-13-31(14-12-26)23-9-8-19(22-16-30-17-32(22)23)20-6-3-7-21(27)24(20)28/h3,6-9,16-18H,4-5,10-15,29H2,1-2H3/t18-,34?/m1/s1. The van der Waals surface area contributed by atoms with Gasteiger partial charge < -0.3 is 4.90 Å². The van der Waals surface area contributed by atoms with Crippen molar-refractivity contribution >= 4 is 45.5 Å². The zero-order chi connectivity index (χ0) is 24.1. The molecule has 0 bridgehead atoms. The Balaban J connectivity index is 1.39. The van der Waals surface area contributed by atoms with Crippen molar-refractivity contribution in [3.05, 3.63) is 52.9 Å². The molecule has 1 spiro atoms. The molecule has 1 aromatic carbocycles. The molecule has 3 heterocycles. The van der Waals surface area contributed by atoms with Crippen LogP contribution < -0.4 is 10.0 Å². The lowest BCUT2D eigenvalue weighted by atomic mass is 9.68. The summed E-state index contributed by atoms with van der Waals surface area (Å²) in [5.41, 5.74) is 3.30. The third-order valence-electron chi connectivity index (χ3n) is 8.26. The van der Waals surface area contributed by atoms with E-state index in [1.165, 1.54) is 19.3 Å². The summed E-state index contributed by atoms with van der Waals surface area (Å²) in [5, 5.41) is 6.93. The number of nitrogens with two attached hydrogens (primary N) is 1. The summed E-state index contributed by atoms with van der Waals surface area (Å²) in [7, 11) is -1.30. The van der Waals surface area contributed by atoms with Crippen molar-refractivity contribution in [1.29, 1.82) is 0 Å².